The third-order valence-electron chi connectivity index (χ3n) is 10.7. The molecule has 11 nitrogen and oxygen atoms in total. The number of likely N-dealkylation sites (tertiary alicyclic amines) is 2. The van der Waals surface area contributed by atoms with Crippen LogP contribution < -0.4 is 14.8 Å². The number of carbonyl (C=O) groups is 2. The Morgan fingerprint density at radius 3 is 1.90 bits per heavy atom. The Balaban J connectivity index is 1.00. The molecule has 2 aromatic heterocycles. The molecule has 1 atom stereocenters. The van der Waals surface area contributed by atoms with Crippen molar-refractivity contribution in [3.63, 3.8) is 0 Å². The number of carbonyl (C=O) groups excluding carboxylic acids is 2. The molecular weight excluding hydrogens is 703 g/mol. The van der Waals surface area contributed by atoms with E-state index in [1.165, 1.54) is 0 Å². The van der Waals surface area contributed by atoms with Crippen molar-refractivity contribution < 1.29 is 23.8 Å². The Morgan fingerprint density at radius 1 is 0.808 bits per heavy atom. The largest absolute Gasteiger partial charge is 0.481 e. The Morgan fingerprint density at radius 2 is 1.38 bits per heavy atom. The monoisotopic (exact) mass is 742 g/mol. The molecule has 270 valence electrons. The van der Waals surface area contributed by atoms with Crippen molar-refractivity contribution in [2.45, 2.75) is 43.9 Å². The third kappa shape index (κ3) is 6.55. The number of amides is 2. The van der Waals surface area contributed by atoms with Gasteiger partial charge in [-0.1, -0.05) is 71.7 Å². The molecule has 1 spiro atoms. The second-order valence-electron chi connectivity index (χ2n) is 14.0. The molecule has 4 aliphatic heterocycles. The summed E-state index contributed by atoms with van der Waals surface area (Å²) in [6, 6.07) is 19.8. The number of nitrogens with one attached hydrogen (secondary N) is 1. The summed E-state index contributed by atoms with van der Waals surface area (Å²) in [7, 11) is 3.25. The van der Waals surface area contributed by atoms with E-state index in [-0.39, 0.29) is 23.6 Å². The highest BCUT2D eigenvalue weighted by molar-refractivity contribution is 6.39. The molecule has 52 heavy (non-hydrogen) atoms. The lowest BCUT2D eigenvalue weighted by atomic mass is 9.88. The van der Waals surface area contributed by atoms with Crippen molar-refractivity contribution in [1.29, 1.82) is 0 Å². The lowest BCUT2D eigenvalue weighted by Crippen LogP contribution is -2.66. The summed E-state index contributed by atoms with van der Waals surface area (Å²) in [4.78, 5) is 40.0. The van der Waals surface area contributed by atoms with E-state index < -0.39 is 0 Å². The molecule has 0 saturated carbocycles. The zero-order chi connectivity index (χ0) is 36.0. The first-order chi connectivity index (χ1) is 25.2. The predicted molar refractivity (Wildman–Crippen MR) is 199 cm³/mol. The van der Waals surface area contributed by atoms with Crippen LogP contribution in [0.25, 0.3) is 33.6 Å². The van der Waals surface area contributed by atoms with Gasteiger partial charge in [-0.25, -0.2) is 14.8 Å². The predicted octanol–water partition coefficient (Wildman–Crippen LogP) is 6.29. The van der Waals surface area contributed by atoms with Gasteiger partial charge in [0.2, 0.25) is 17.7 Å². The number of nitrogens with zero attached hydrogens (tertiary/aromatic N) is 5. The van der Waals surface area contributed by atoms with Crippen LogP contribution >= 0.6 is 23.2 Å². The highest BCUT2D eigenvalue weighted by atomic mass is 35.5. The summed E-state index contributed by atoms with van der Waals surface area (Å²) in [6.45, 7) is 5.74. The van der Waals surface area contributed by atoms with E-state index in [0.717, 1.165) is 72.4 Å². The lowest BCUT2D eigenvalue weighted by Gasteiger charge is -2.48. The van der Waals surface area contributed by atoms with Crippen molar-refractivity contribution in [3.8, 4) is 45.4 Å². The molecule has 4 fully saturated rings. The molecule has 2 aromatic carbocycles. The van der Waals surface area contributed by atoms with E-state index in [4.69, 9.17) is 47.4 Å². The van der Waals surface area contributed by atoms with Crippen molar-refractivity contribution in [3.05, 3.63) is 81.8 Å². The highest BCUT2D eigenvalue weighted by Gasteiger charge is 2.47. The van der Waals surface area contributed by atoms with Crippen LogP contribution in [0.5, 0.6) is 11.8 Å². The molecule has 1 unspecified atom stereocenters. The maximum atomic E-state index is 12.1. The molecular formula is C39H40Cl2N6O5. The van der Waals surface area contributed by atoms with Gasteiger partial charge in [0.05, 0.1) is 47.7 Å². The van der Waals surface area contributed by atoms with E-state index in [1.54, 1.807) is 14.2 Å². The first-order valence-corrected chi connectivity index (χ1v) is 18.3. The van der Waals surface area contributed by atoms with Crippen molar-refractivity contribution in [1.82, 2.24) is 30.0 Å². The number of rotatable bonds is 10. The summed E-state index contributed by atoms with van der Waals surface area (Å²) in [6.07, 6.45) is 2.17. The fraction of sp³-hybridized carbons (Fsp3) is 0.385. The molecule has 2 amide bonds. The van der Waals surface area contributed by atoms with Gasteiger partial charge in [0.25, 0.3) is 0 Å². The number of aromatic nitrogens is 2. The fourth-order valence-electron chi connectivity index (χ4n) is 8.07. The zero-order valence-electron chi connectivity index (χ0n) is 29.2. The Kier molecular flexibility index (Phi) is 9.46. The standard InChI is InChI=1S/C39H40Cl2N6O5/c1-50-36-24(19-45-16-14-26(21-45)47-17-18-52-38(47)49)9-11-31(42-36)29-7-3-5-27(34(29)40)28-6-4-8-30(35(28)41)32-12-10-25(37(43-32)51-2)20-46-22-39(23-46)15-13-33(48)44-39/h3-12,26H,13-23H2,1-2H3,(H,44,48). The van der Waals surface area contributed by atoms with Crippen LogP contribution in [-0.4, -0.2) is 102 Å². The maximum Gasteiger partial charge on any atom is 0.410 e. The molecule has 0 bridgehead atoms. The number of ether oxygens (including phenoxy) is 3. The highest BCUT2D eigenvalue weighted by Crippen LogP contribution is 2.43. The first kappa shape index (κ1) is 34.7. The summed E-state index contributed by atoms with van der Waals surface area (Å²) in [5, 5.41) is 4.19. The van der Waals surface area contributed by atoms with E-state index in [9.17, 15) is 9.59 Å². The number of halogens is 2. The average Bonchev–Trinajstić information content (AvgIpc) is 3.89. The number of hydrogen-bond donors (Lipinski definition) is 1. The van der Waals surface area contributed by atoms with Crippen LogP contribution in [0.3, 0.4) is 0 Å². The van der Waals surface area contributed by atoms with Gasteiger partial charge in [-0.2, -0.15) is 0 Å². The Bertz CT molecular complexity index is 2040. The molecule has 1 N–H and O–H groups in total. The minimum Gasteiger partial charge on any atom is -0.481 e. The normalized spacial score (nSPS) is 19.9. The van der Waals surface area contributed by atoms with Gasteiger partial charge >= 0.3 is 6.09 Å². The fourth-order valence-corrected chi connectivity index (χ4v) is 8.72. The number of pyridine rings is 2. The van der Waals surface area contributed by atoms with Crippen molar-refractivity contribution >= 4 is 35.2 Å². The van der Waals surface area contributed by atoms with E-state index in [0.29, 0.717) is 65.9 Å². The smallest absolute Gasteiger partial charge is 0.410 e. The van der Waals surface area contributed by atoms with Gasteiger partial charge in [-0.15, -0.1) is 0 Å². The van der Waals surface area contributed by atoms with E-state index in [2.05, 4.69) is 15.1 Å². The Hall–Kier alpha value is -4.42. The Labute approximate surface area is 312 Å². The van der Waals surface area contributed by atoms with Crippen LogP contribution in [0.4, 0.5) is 4.79 Å². The molecule has 13 heteroatoms. The SMILES string of the molecule is COc1nc(-c2cccc(-c3cccc(-c4ccc(CN5CC6(CCC(=O)N6)C5)c(OC)n4)c3Cl)c2Cl)ccc1CN1CCC(N2CCOC2=O)C1. The summed E-state index contributed by atoms with van der Waals surface area (Å²) < 4.78 is 16.6. The summed E-state index contributed by atoms with van der Waals surface area (Å²) in [5.74, 6) is 1.21. The molecule has 8 rings (SSSR count). The molecule has 4 aliphatic rings. The van der Waals surface area contributed by atoms with Gasteiger partial charge in [0.1, 0.15) is 6.61 Å². The second-order valence-corrected chi connectivity index (χ2v) is 14.8. The van der Waals surface area contributed by atoms with E-state index in [1.807, 2.05) is 65.6 Å². The number of benzene rings is 2. The molecule has 0 aliphatic carbocycles. The maximum absolute atomic E-state index is 12.1. The quantitative estimate of drug-likeness (QED) is 0.201. The minimum atomic E-state index is -0.220. The zero-order valence-corrected chi connectivity index (χ0v) is 30.7. The lowest BCUT2D eigenvalue weighted by molar-refractivity contribution is -0.120. The van der Waals surface area contributed by atoms with Crippen LogP contribution in [0.1, 0.15) is 30.4 Å². The van der Waals surface area contributed by atoms with Crippen molar-refractivity contribution in [2.24, 2.45) is 0 Å². The van der Waals surface area contributed by atoms with Crippen LogP contribution in [-0.2, 0) is 22.6 Å². The number of cyclic esters (lactones) is 1. The van der Waals surface area contributed by atoms with Gasteiger partial charge < -0.3 is 24.4 Å². The van der Waals surface area contributed by atoms with Crippen molar-refractivity contribution in [2.75, 3.05) is 53.6 Å². The number of hydrogen-bond acceptors (Lipinski definition) is 9. The average molecular weight is 744 g/mol. The van der Waals surface area contributed by atoms with Crippen LogP contribution in [0.2, 0.25) is 10.0 Å². The van der Waals surface area contributed by atoms with E-state index >= 15 is 0 Å². The van der Waals surface area contributed by atoms with Gasteiger partial charge in [0, 0.05) is 85.1 Å². The molecule has 6 heterocycles. The third-order valence-corrected chi connectivity index (χ3v) is 11.5. The summed E-state index contributed by atoms with van der Waals surface area (Å²) >= 11 is 14.3. The molecule has 0 radical (unpaired) electrons. The van der Waals surface area contributed by atoms with Gasteiger partial charge in [-0.3, -0.25) is 14.6 Å². The van der Waals surface area contributed by atoms with Crippen LogP contribution in [0.15, 0.2) is 60.7 Å². The number of methoxy groups -OCH3 is 2. The van der Waals surface area contributed by atoms with Gasteiger partial charge in [-0.05, 0) is 25.0 Å². The minimum absolute atomic E-state index is 0.0818. The second kappa shape index (κ2) is 14.2. The molecule has 4 saturated heterocycles. The van der Waals surface area contributed by atoms with Gasteiger partial charge in [0.15, 0.2) is 0 Å². The summed E-state index contributed by atoms with van der Waals surface area (Å²) in [5.41, 5.74) is 6.29. The topological polar surface area (TPSA) is 109 Å². The first-order valence-electron chi connectivity index (χ1n) is 17.6. The van der Waals surface area contributed by atoms with Crippen LogP contribution in [0, 0.1) is 0 Å². The molecule has 4 aromatic rings.